The van der Waals surface area contributed by atoms with E-state index >= 15 is 0 Å². The van der Waals surface area contributed by atoms with E-state index in [1.165, 1.54) is 40.8 Å². The van der Waals surface area contributed by atoms with Crippen molar-refractivity contribution >= 4 is 29.1 Å². The molecule has 3 atom stereocenters. The molecule has 4 aromatic rings. The number of imide groups is 1. The molecule has 1 spiro atoms. The highest BCUT2D eigenvalue weighted by molar-refractivity contribution is 6.05. The number of ether oxygens (including phenoxy) is 1. The Hall–Kier alpha value is -5.19. The van der Waals surface area contributed by atoms with Crippen LogP contribution in [0.3, 0.4) is 0 Å². The number of phenols is 1. The van der Waals surface area contributed by atoms with Gasteiger partial charge < -0.3 is 24.5 Å². The standard InChI is InChI=1S/C46H49N5O5/c52-37-10-12-38-34(26-37)29-56-46(18-15-31-3-1-2-4-40(31)46)43(38)32-5-7-35(8-6-32)49-19-16-30(17-20-49)27-48-21-23-50(24-22-48)36-9-11-39-33(25-36)28-51(45(39)55)41-13-14-42(53)47-44(41)54/h1-12,25-26,30,41,43,52H,13-24,27-29H2,(H,47,53,54)/t41-,43+,46+/m0/s1. The van der Waals surface area contributed by atoms with Crippen molar-refractivity contribution in [2.45, 2.75) is 69.2 Å². The molecular formula is C46H49N5O5. The van der Waals surface area contributed by atoms with Crippen molar-refractivity contribution in [2.24, 2.45) is 5.92 Å². The summed E-state index contributed by atoms with van der Waals surface area (Å²) in [4.78, 5) is 46.5. The molecule has 5 aliphatic heterocycles. The maximum Gasteiger partial charge on any atom is 0.255 e. The second-order valence-corrected chi connectivity index (χ2v) is 16.7. The van der Waals surface area contributed by atoms with Gasteiger partial charge in [-0.25, -0.2) is 0 Å². The van der Waals surface area contributed by atoms with Crippen molar-refractivity contribution in [3.63, 3.8) is 0 Å². The summed E-state index contributed by atoms with van der Waals surface area (Å²) in [6.45, 7) is 8.06. The number of hydrogen-bond acceptors (Lipinski definition) is 8. The number of amides is 3. The molecule has 0 saturated carbocycles. The van der Waals surface area contributed by atoms with Gasteiger partial charge in [-0.15, -0.1) is 0 Å². The van der Waals surface area contributed by atoms with Gasteiger partial charge in [0.05, 0.1) is 6.61 Å². The van der Waals surface area contributed by atoms with Gasteiger partial charge in [-0.2, -0.15) is 0 Å². The number of aromatic hydroxyl groups is 1. The van der Waals surface area contributed by atoms with E-state index < -0.39 is 11.6 Å². The molecule has 4 aromatic carbocycles. The van der Waals surface area contributed by atoms with Crippen LogP contribution in [0.25, 0.3) is 0 Å². The number of fused-ring (bicyclic) bond motifs is 4. The predicted octanol–water partition coefficient (Wildman–Crippen LogP) is 5.70. The van der Waals surface area contributed by atoms with Crippen molar-refractivity contribution in [1.29, 1.82) is 0 Å². The molecule has 0 unspecified atom stereocenters. The van der Waals surface area contributed by atoms with Crippen LogP contribution in [0.1, 0.15) is 81.8 Å². The molecule has 10 heteroatoms. The van der Waals surface area contributed by atoms with Gasteiger partial charge in [0.1, 0.15) is 17.4 Å². The molecule has 56 heavy (non-hydrogen) atoms. The van der Waals surface area contributed by atoms with Crippen LogP contribution in [0.4, 0.5) is 11.4 Å². The minimum Gasteiger partial charge on any atom is -0.508 e. The number of aryl methyl sites for hydroxylation is 1. The number of benzene rings is 4. The highest BCUT2D eigenvalue weighted by Gasteiger charge is 2.50. The normalized spacial score (nSPS) is 25.4. The summed E-state index contributed by atoms with van der Waals surface area (Å²) < 4.78 is 6.84. The van der Waals surface area contributed by atoms with Crippen LogP contribution in [-0.2, 0) is 39.5 Å². The number of phenolic OH excluding ortho intramolecular Hbond substituents is 1. The summed E-state index contributed by atoms with van der Waals surface area (Å²) in [6.07, 6.45) is 4.95. The highest BCUT2D eigenvalue weighted by atomic mass is 16.5. The first-order valence-corrected chi connectivity index (χ1v) is 20.5. The number of carbonyl (C=O) groups is 3. The smallest absolute Gasteiger partial charge is 0.255 e. The van der Waals surface area contributed by atoms with Gasteiger partial charge >= 0.3 is 0 Å². The van der Waals surface area contributed by atoms with Gasteiger partial charge in [0.25, 0.3) is 5.91 Å². The third kappa shape index (κ3) is 6.14. The van der Waals surface area contributed by atoms with Crippen molar-refractivity contribution < 1.29 is 24.2 Å². The molecule has 0 aromatic heterocycles. The van der Waals surface area contributed by atoms with E-state index in [0.717, 1.165) is 75.5 Å². The maximum absolute atomic E-state index is 13.2. The summed E-state index contributed by atoms with van der Waals surface area (Å²) in [5.74, 6) is 0.250. The number of nitrogens with zero attached hydrogens (tertiary/aromatic N) is 4. The van der Waals surface area contributed by atoms with E-state index in [4.69, 9.17) is 4.74 Å². The minimum atomic E-state index is -0.589. The number of hydrogen-bond donors (Lipinski definition) is 2. The second-order valence-electron chi connectivity index (χ2n) is 16.7. The van der Waals surface area contributed by atoms with Crippen molar-refractivity contribution in [3.8, 4) is 5.75 Å². The molecule has 10 nitrogen and oxygen atoms in total. The Balaban J connectivity index is 0.747. The summed E-state index contributed by atoms with van der Waals surface area (Å²) in [5.41, 5.74) is 9.87. The number of anilines is 2. The Morgan fingerprint density at radius 3 is 2.32 bits per heavy atom. The summed E-state index contributed by atoms with van der Waals surface area (Å²) >= 11 is 0. The fourth-order valence-electron chi connectivity index (χ4n) is 10.6. The third-order valence-electron chi connectivity index (χ3n) is 13.6. The van der Waals surface area contributed by atoms with E-state index in [1.807, 2.05) is 24.3 Å². The molecule has 3 fully saturated rings. The molecule has 1 aliphatic carbocycles. The van der Waals surface area contributed by atoms with Crippen LogP contribution < -0.4 is 15.1 Å². The number of carbonyl (C=O) groups excluding carboxylic acids is 3. The van der Waals surface area contributed by atoms with Crippen LogP contribution in [0, 0.1) is 5.92 Å². The average molecular weight is 752 g/mol. The Morgan fingerprint density at radius 2 is 1.52 bits per heavy atom. The zero-order valence-electron chi connectivity index (χ0n) is 31.8. The first kappa shape index (κ1) is 35.2. The second kappa shape index (κ2) is 14.1. The Kier molecular flexibility index (Phi) is 8.86. The van der Waals surface area contributed by atoms with Gasteiger partial charge in [-0.05, 0) is 114 Å². The van der Waals surface area contributed by atoms with Gasteiger partial charge in [0, 0.05) is 81.6 Å². The van der Waals surface area contributed by atoms with Gasteiger partial charge in [0.15, 0.2) is 0 Å². The molecule has 6 aliphatic rings. The topological polar surface area (TPSA) is 106 Å². The average Bonchev–Trinajstić information content (AvgIpc) is 3.75. The van der Waals surface area contributed by atoms with E-state index in [2.05, 4.69) is 80.7 Å². The zero-order chi connectivity index (χ0) is 38.0. The van der Waals surface area contributed by atoms with E-state index in [-0.39, 0.29) is 35.8 Å². The zero-order valence-corrected chi connectivity index (χ0v) is 31.8. The molecule has 5 heterocycles. The molecular weight excluding hydrogens is 703 g/mol. The number of piperidine rings is 2. The Bertz CT molecular complexity index is 2190. The number of nitrogens with one attached hydrogen (secondary N) is 1. The molecule has 2 N–H and O–H groups in total. The van der Waals surface area contributed by atoms with E-state index in [9.17, 15) is 19.5 Å². The van der Waals surface area contributed by atoms with Gasteiger partial charge in [-0.1, -0.05) is 42.5 Å². The predicted molar refractivity (Wildman–Crippen MR) is 214 cm³/mol. The van der Waals surface area contributed by atoms with Crippen LogP contribution in [0.2, 0.25) is 0 Å². The van der Waals surface area contributed by atoms with Crippen molar-refractivity contribution in [3.05, 3.63) is 124 Å². The van der Waals surface area contributed by atoms with Crippen molar-refractivity contribution in [1.82, 2.24) is 15.1 Å². The summed E-state index contributed by atoms with van der Waals surface area (Å²) in [6, 6.07) is 29.3. The third-order valence-corrected chi connectivity index (χ3v) is 13.6. The lowest BCUT2D eigenvalue weighted by Gasteiger charge is -2.44. The van der Waals surface area contributed by atoms with Gasteiger partial charge in [-0.3, -0.25) is 24.6 Å². The van der Waals surface area contributed by atoms with E-state index in [0.29, 0.717) is 31.1 Å². The van der Waals surface area contributed by atoms with E-state index in [1.54, 1.807) is 4.90 Å². The Morgan fingerprint density at radius 1 is 0.750 bits per heavy atom. The molecule has 3 amide bonds. The SMILES string of the molecule is O=C1CC[C@H](N2Cc3cc(N4CCN(CC5CCN(c6ccc([C@@H]7c8ccc(O)cc8CO[C@@]78CCc7ccccc78)cc6)CC5)CC4)ccc3C2=O)C(=O)N1. The lowest BCUT2D eigenvalue weighted by Crippen LogP contribution is -2.52. The number of rotatable bonds is 6. The van der Waals surface area contributed by atoms with Crippen molar-refractivity contribution in [2.75, 3.05) is 55.6 Å². The lowest BCUT2D eigenvalue weighted by atomic mass is 9.71. The first-order valence-electron chi connectivity index (χ1n) is 20.5. The summed E-state index contributed by atoms with van der Waals surface area (Å²) in [7, 11) is 0. The highest BCUT2D eigenvalue weighted by Crippen LogP contribution is 2.56. The Labute approximate surface area is 328 Å². The maximum atomic E-state index is 13.2. The fourth-order valence-corrected chi connectivity index (χ4v) is 10.6. The molecule has 288 valence electrons. The summed E-state index contributed by atoms with van der Waals surface area (Å²) in [5, 5.41) is 12.7. The van der Waals surface area contributed by atoms with Gasteiger partial charge in [0.2, 0.25) is 11.8 Å². The minimum absolute atomic E-state index is 0.0537. The largest absolute Gasteiger partial charge is 0.508 e. The monoisotopic (exact) mass is 751 g/mol. The first-order chi connectivity index (χ1) is 27.3. The molecule has 10 rings (SSSR count). The molecule has 3 saturated heterocycles. The fraction of sp³-hybridized carbons (Fsp3) is 0.413. The van der Waals surface area contributed by atoms with Crippen LogP contribution >= 0.6 is 0 Å². The van der Waals surface area contributed by atoms with Crippen LogP contribution in [-0.4, -0.2) is 84.5 Å². The lowest BCUT2D eigenvalue weighted by molar-refractivity contribution is -0.136. The molecule has 0 bridgehead atoms. The molecule has 0 radical (unpaired) electrons. The van der Waals surface area contributed by atoms with Crippen LogP contribution in [0.15, 0.2) is 84.9 Å². The van der Waals surface area contributed by atoms with Crippen LogP contribution in [0.5, 0.6) is 5.75 Å². The quantitative estimate of drug-likeness (QED) is 0.242. The number of piperazine rings is 1.